The number of aliphatic hydroxyl groups is 1. The van der Waals surface area contributed by atoms with Crippen molar-refractivity contribution in [1.82, 2.24) is 0 Å². The van der Waals surface area contributed by atoms with Crippen LogP contribution in [0.4, 0.5) is 4.39 Å². The molecule has 1 aromatic rings. The van der Waals surface area contributed by atoms with Crippen LogP contribution in [0.5, 0.6) is 0 Å². The lowest BCUT2D eigenvalue weighted by Gasteiger charge is -2.12. The summed E-state index contributed by atoms with van der Waals surface area (Å²) in [5, 5.41) is 17.6. The second-order valence-corrected chi connectivity index (χ2v) is 3.66. The van der Waals surface area contributed by atoms with Crippen LogP contribution < -0.4 is 0 Å². The molecule has 2 unspecified atom stereocenters. The monoisotopic (exact) mass is 262 g/mol. The second kappa shape index (κ2) is 4.52. The minimum absolute atomic E-state index is 0.231. The van der Waals surface area contributed by atoms with E-state index < -0.39 is 18.2 Å². The van der Waals surface area contributed by atoms with Gasteiger partial charge in [-0.2, -0.15) is 0 Å². The van der Waals surface area contributed by atoms with Crippen LogP contribution in [0.3, 0.4) is 0 Å². The van der Waals surface area contributed by atoms with Gasteiger partial charge in [0, 0.05) is 4.47 Å². The molecule has 0 heterocycles. The first kappa shape index (κ1) is 11.1. The summed E-state index contributed by atoms with van der Waals surface area (Å²) in [7, 11) is 0. The maximum Gasteiger partial charge on any atom is 0.341 e. The Balaban J connectivity index is 2.89. The van der Waals surface area contributed by atoms with E-state index in [1.807, 2.05) is 0 Å². The molecule has 2 N–H and O–H groups in total. The summed E-state index contributed by atoms with van der Waals surface area (Å²) in [5.74, 6) is -1.67. The molecule has 5 heteroatoms. The van der Waals surface area contributed by atoms with Crippen LogP contribution in [0.15, 0.2) is 28.7 Å². The van der Waals surface area contributed by atoms with Gasteiger partial charge in [0.25, 0.3) is 0 Å². The highest BCUT2D eigenvalue weighted by molar-refractivity contribution is 9.10. The average molecular weight is 263 g/mol. The summed E-state index contributed by atoms with van der Waals surface area (Å²) in [5.41, 5.74) is 0.231. The summed E-state index contributed by atoms with van der Waals surface area (Å²) in [6, 6.07) is 6.23. The molecule has 0 aromatic heterocycles. The smallest absolute Gasteiger partial charge is 0.341 e. The van der Waals surface area contributed by atoms with E-state index in [9.17, 15) is 14.3 Å². The van der Waals surface area contributed by atoms with Gasteiger partial charge >= 0.3 is 5.97 Å². The number of rotatable bonds is 3. The zero-order valence-corrected chi connectivity index (χ0v) is 8.61. The SMILES string of the molecule is O=C(O)C(F)C(O)c1cccc(Br)c1. The Bertz CT molecular complexity index is 343. The van der Waals surface area contributed by atoms with Gasteiger partial charge in [-0.1, -0.05) is 28.1 Å². The Kier molecular flexibility index (Phi) is 3.60. The van der Waals surface area contributed by atoms with Gasteiger partial charge in [-0.05, 0) is 17.7 Å². The van der Waals surface area contributed by atoms with Gasteiger partial charge in [-0.3, -0.25) is 0 Å². The first-order valence-corrected chi connectivity index (χ1v) is 4.62. The van der Waals surface area contributed by atoms with E-state index in [1.54, 1.807) is 12.1 Å². The van der Waals surface area contributed by atoms with Crippen LogP contribution in [0.1, 0.15) is 11.7 Å². The number of halogens is 2. The minimum Gasteiger partial charge on any atom is -0.479 e. The molecule has 1 rings (SSSR count). The summed E-state index contributed by atoms with van der Waals surface area (Å²) in [4.78, 5) is 10.3. The van der Waals surface area contributed by atoms with Crippen LogP contribution in [0.2, 0.25) is 0 Å². The number of benzene rings is 1. The Morgan fingerprint density at radius 3 is 2.64 bits per heavy atom. The standard InChI is InChI=1S/C9H8BrFO3/c10-6-3-1-2-5(4-6)8(12)7(11)9(13)14/h1-4,7-8,12H,(H,13,14). The molecule has 0 aliphatic rings. The number of aliphatic carboxylic acids is 1. The highest BCUT2D eigenvalue weighted by atomic mass is 79.9. The minimum atomic E-state index is -2.30. The topological polar surface area (TPSA) is 57.5 Å². The Labute approximate surface area is 88.3 Å². The molecule has 0 saturated heterocycles. The van der Waals surface area contributed by atoms with Gasteiger partial charge in [0.05, 0.1) is 0 Å². The number of alkyl halides is 1. The summed E-state index contributed by atoms with van der Waals surface area (Å²) < 4.78 is 13.5. The predicted molar refractivity (Wildman–Crippen MR) is 51.6 cm³/mol. The van der Waals surface area contributed by atoms with Gasteiger partial charge in [-0.15, -0.1) is 0 Å². The van der Waals surface area contributed by atoms with Crippen molar-refractivity contribution in [1.29, 1.82) is 0 Å². The summed E-state index contributed by atoms with van der Waals surface area (Å²) >= 11 is 3.14. The van der Waals surface area contributed by atoms with E-state index in [-0.39, 0.29) is 5.56 Å². The van der Waals surface area contributed by atoms with E-state index in [0.717, 1.165) is 0 Å². The van der Waals surface area contributed by atoms with E-state index in [1.165, 1.54) is 12.1 Å². The molecule has 0 radical (unpaired) electrons. The highest BCUT2D eigenvalue weighted by Crippen LogP contribution is 2.22. The number of carboxylic acids is 1. The molecular formula is C9H8BrFO3. The fraction of sp³-hybridized carbons (Fsp3) is 0.222. The quantitative estimate of drug-likeness (QED) is 0.875. The summed E-state index contributed by atoms with van der Waals surface area (Å²) in [6.07, 6.45) is -3.94. The van der Waals surface area contributed by atoms with Crippen molar-refractivity contribution in [3.8, 4) is 0 Å². The third-order valence-electron chi connectivity index (χ3n) is 1.70. The molecule has 0 amide bonds. The first-order valence-electron chi connectivity index (χ1n) is 3.83. The lowest BCUT2D eigenvalue weighted by molar-refractivity contribution is -0.147. The lowest BCUT2D eigenvalue weighted by atomic mass is 10.1. The number of hydrogen-bond acceptors (Lipinski definition) is 2. The Hall–Kier alpha value is -0.940. The summed E-state index contributed by atoms with van der Waals surface area (Å²) in [6.45, 7) is 0. The zero-order chi connectivity index (χ0) is 10.7. The fourth-order valence-electron chi connectivity index (χ4n) is 0.995. The molecule has 76 valence electrons. The molecule has 0 aliphatic carbocycles. The van der Waals surface area contributed by atoms with Crippen molar-refractivity contribution in [2.45, 2.75) is 12.3 Å². The van der Waals surface area contributed by atoms with Crippen LogP contribution in [0.25, 0.3) is 0 Å². The number of hydrogen-bond donors (Lipinski definition) is 2. The van der Waals surface area contributed by atoms with Crippen molar-refractivity contribution >= 4 is 21.9 Å². The number of aliphatic hydroxyl groups excluding tert-OH is 1. The van der Waals surface area contributed by atoms with Crippen molar-refractivity contribution in [3.63, 3.8) is 0 Å². The third kappa shape index (κ3) is 2.52. The first-order chi connectivity index (χ1) is 6.52. The van der Waals surface area contributed by atoms with Gasteiger partial charge in [0.15, 0.2) is 0 Å². The van der Waals surface area contributed by atoms with Crippen molar-refractivity contribution in [2.75, 3.05) is 0 Å². The number of carbonyl (C=O) groups is 1. The van der Waals surface area contributed by atoms with Crippen LogP contribution in [0, 0.1) is 0 Å². The number of carboxylic acid groups (broad SMARTS) is 1. The molecule has 0 spiro atoms. The largest absolute Gasteiger partial charge is 0.479 e. The fourth-order valence-corrected chi connectivity index (χ4v) is 1.41. The van der Waals surface area contributed by atoms with E-state index >= 15 is 0 Å². The van der Waals surface area contributed by atoms with Crippen molar-refractivity contribution in [2.24, 2.45) is 0 Å². The molecular weight excluding hydrogens is 255 g/mol. The molecule has 1 aromatic carbocycles. The van der Waals surface area contributed by atoms with Crippen molar-refractivity contribution < 1.29 is 19.4 Å². The Morgan fingerprint density at radius 2 is 2.14 bits per heavy atom. The second-order valence-electron chi connectivity index (χ2n) is 2.74. The lowest BCUT2D eigenvalue weighted by Crippen LogP contribution is -2.23. The zero-order valence-electron chi connectivity index (χ0n) is 7.02. The van der Waals surface area contributed by atoms with Crippen LogP contribution in [-0.4, -0.2) is 22.4 Å². The molecule has 0 bridgehead atoms. The Morgan fingerprint density at radius 1 is 1.50 bits per heavy atom. The molecule has 3 nitrogen and oxygen atoms in total. The average Bonchev–Trinajstić information content (AvgIpc) is 2.15. The van der Waals surface area contributed by atoms with Gasteiger partial charge in [0.2, 0.25) is 6.17 Å². The maximum atomic E-state index is 12.9. The highest BCUT2D eigenvalue weighted by Gasteiger charge is 2.27. The van der Waals surface area contributed by atoms with E-state index in [0.29, 0.717) is 4.47 Å². The van der Waals surface area contributed by atoms with Crippen molar-refractivity contribution in [3.05, 3.63) is 34.3 Å². The van der Waals surface area contributed by atoms with Gasteiger partial charge < -0.3 is 10.2 Å². The van der Waals surface area contributed by atoms with E-state index in [2.05, 4.69) is 15.9 Å². The molecule has 2 atom stereocenters. The molecule has 14 heavy (non-hydrogen) atoms. The molecule has 0 fully saturated rings. The van der Waals surface area contributed by atoms with Crippen LogP contribution in [-0.2, 0) is 4.79 Å². The maximum absolute atomic E-state index is 12.9. The van der Waals surface area contributed by atoms with Gasteiger partial charge in [-0.25, -0.2) is 9.18 Å². The van der Waals surface area contributed by atoms with Gasteiger partial charge in [0.1, 0.15) is 6.10 Å². The third-order valence-corrected chi connectivity index (χ3v) is 2.20. The normalized spacial score (nSPS) is 14.8. The van der Waals surface area contributed by atoms with Crippen LogP contribution >= 0.6 is 15.9 Å². The molecule has 0 aliphatic heterocycles. The van der Waals surface area contributed by atoms with E-state index in [4.69, 9.17) is 5.11 Å². The molecule has 0 saturated carbocycles. The predicted octanol–water partition coefficient (Wildman–Crippen LogP) is 1.91.